The molecule has 0 radical (unpaired) electrons. The van der Waals surface area contributed by atoms with Crippen molar-refractivity contribution in [3.8, 4) is 16.9 Å². The van der Waals surface area contributed by atoms with E-state index in [9.17, 15) is 9.59 Å². The molecular formula is C29H26N2O3. The zero-order valence-corrected chi connectivity index (χ0v) is 19.0. The molecule has 0 fully saturated rings. The minimum atomic E-state index is -0.227. The molecule has 0 aliphatic carbocycles. The SMILES string of the molecule is Cc1ccc(C(=O)NCCOc2ccccc2-c2ccccc2)cc1NC(=O)c1ccccc1. The quantitative estimate of drug-likeness (QED) is 0.337. The Balaban J connectivity index is 1.34. The highest BCUT2D eigenvalue weighted by atomic mass is 16.5. The van der Waals surface area contributed by atoms with Crippen LogP contribution in [0.15, 0.2) is 103 Å². The standard InChI is InChI=1S/C29H26N2O3/c1-21-16-17-24(20-26(21)31-29(33)23-12-6-3-7-13-23)28(32)30-18-19-34-27-15-9-8-14-25(27)22-10-4-2-5-11-22/h2-17,20H,18-19H2,1H3,(H,30,32)(H,31,33). The fraction of sp³-hybridized carbons (Fsp3) is 0.103. The Labute approximate surface area is 199 Å². The molecule has 5 nitrogen and oxygen atoms in total. The van der Waals surface area contributed by atoms with E-state index in [0.29, 0.717) is 30.0 Å². The van der Waals surface area contributed by atoms with Crippen LogP contribution in [-0.2, 0) is 0 Å². The molecule has 4 aromatic carbocycles. The Morgan fingerprint density at radius 3 is 2.18 bits per heavy atom. The molecule has 5 heteroatoms. The largest absolute Gasteiger partial charge is 0.491 e. The fourth-order valence-electron chi connectivity index (χ4n) is 3.56. The molecule has 0 atom stereocenters. The van der Waals surface area contributed by atoms with Crippen LogP contribution >= 0.6 is 0 Å². The lowest BCUT2D eigenvalue weighted by Crippen LogP contribution is -2.28. The highest BCUT2D eigenvalue weighted by Gasteiger charge is 2.12. The molecule has 0 aliphatic heterocycles. The van der Waals surface area contributed by atoms with Crippen molar-refractivity contribution in [3.63, 3.8) is 0 Å². The molecule has 0 saturated heterocycles. The second-order valence-corrected chi connectivity index (χ2v) is 7.82. The zero-order valence-electron chi connectivity index (χ0n) is 19.0. The summed E-state index contributed by atoms with van der Waals surface area (Å²) in [5.74, 6) is 0.325. The summed E-state index contributed by atoms with van der Waals surface area (Å²) in [6.07, 6.45) is 0. The number of benzene rings is 4. The maximum absolute atomic E-state index is 12.7. The maximum Gasteiger partial charge on any atom is 0.255 e. The lowest BCUT2D eigenvalue weighted by Gasteiger charge is -2.13. The van der Waals surface area contributed by atoms with Crippen LogP contribution in [0, 0.1) is 6.92 Å². The van der Waals surface area contributed by atoms with Gasteiger partial charge < -0.3 is 15.4 Å². The molecule has 2 amide bonds. The summed E-state index contributed by atoms with van der Waals surface area (Å²) in [7, 11) is 0. The second kappa shape index (κ2) is 11.0. The van der Waals surface area contributed by atoms with Crippen LogP contribution in [0.5, 0.6) is 5.75 Å². The van der Waals surface area contributed by atoms with E-state index in [1.165, 1.54) is 0 Å². The molecular weight excluding hydrogens is 424 g/mol. The average Bonchev–Trinajstić information content (AvgIpc) is 2.89. The van der Waals surface area contributed by atoms with Crippen molar-refractivity contribution in [2.75, 3.05) is 18.5 Å². The lowest BCUT2D eigenvalue weighted by molar-refractivity contribution is 0.0945. The normalized spacial score (nSPS) is 10.4. The maximum atomic E-state index is 12.7. The Hall–Kier alpha value is -4.38. The predicted molar refractivity (Wildman–Crippen MR) is 135 cm³/mol. The second-order valence-electron chi connectivity index (χ2n) is 7.82. The summed E-state index contributed by atoms with van der Waals surface area (Å²) in [4.78, 5) is 25.2. The molecule has 34 heavy (non-hydrogen) atoms. The van der Waals surface area contributed by atoms with Crippen molar-refractivity contribution < 1.29 is 14.3 Å². The van der Waals surface area contributed by atoms with E-state index >= 15 is 0 Å². The third-order valence-corrected chi connectivity index (χ3v) is 5.40. The van der Waals surface area contributed by atoms with Crippen molar-refractivity contribution >= 4 is 17.5 Å². The summed E-state index contributed by atoms with van der Waals surface area (Å²) >= 11 is 0. The lowest BCUT2D eigenvalue weighted by atomic mass is 10.1. The van der Waals surface area contributed by atoms with Gasteiger partial charge in [-0.2, -0.15) is 0 Å². The van der Waals surface area contributed by atoms with Gasteiger partial charge in [0.15, 0.2) is 0 Å². The van der Waals surface area contributed by atoms with E-state index < -0.39 is 0 Å². The number of rotatable bonds is 8. The van der Waals surface area contributed by atoms with E-state index in [4.69, 9.17) is 4.74 Å². The first-order valence-electron chi connectivity index (χ1n) is 11.1. The molecule has 4 aromatic rings. The van der Waals surface area contributed by atoms with E-state index in [-0.39, 0.29) is 11.8 Å². The van der Waals surface area contributed by atoms with Gasteiger partial charge in [-0.3, -0.25) is 9.59 Å². The van der Waals surface area contributed by atoms with Crippen molar-refractivity contribution in [1.29, 1.82) is 0 Å². The first-order chi connectivity index (χ1) is 16.6. The number of aryl methyl sites for hydroxylation is 1. The smallest absolute Gasteiger partial charge is 0.255 e. The van der Waals surface area contributed by atoms with Crippen molar-refractivity contribution in [3.05, 3.63) is 120 Å². The first-order valence-corrected chi connectivity index (χ1v) is 11.1. The van der Waals surface area contributed by atoms with Crippen LogP contribution in [0.3, 0.4) is 0 Å². The van der Waals surface area contributed by atoms with E-state index in [2.05, 4.69) is 10.6 Å². The number of ether oxygens (including phenoxy) is 1. The topological polar surface area (TPSA) is 67.4 Å². The minimum Gasteiger partial charge on any atom is -0.491 e. The van der Waals surface area contributed by atoms with Gasteiger partial charge in [0.25, 0.3) is 11.8 Å². The monoisotopic (exact) mass is 450 g/mol. The average molecular weight is 451 g/mol. The first kappa shape index (κ1) is 22.8. The number of nitrogens with one attached hydrogen (secondary N) is 2. The van der Waals surface area contributed by atoms with Gasteiger partial charge in [-0.1, -0.05) is 72.8 Å². The number of carbonyl (C=O) groups is 2. The van der Waals surface area contributed by atoms with Gasteiger partial charge in [0.2, 0.25) is 0 Å². The van der Waals surface area contributed by atoms with Gasteiger partial charge in [-0.05, 0) is 48.4 Å². The number of anilines is 1. The van der Waals surface area contributed by atoms with Gasteiger partial charge >= 0.3 is 0 Å². The van der Waals surface area contributed by atoms with Crippen LogP contribution in [0.25, 0.3) is 11.1 Å². The van der Waals surface area contributed by atoms with Crippen LogP contribution in [0.1, 0.15) is 26.3 Å². The molecule has 0 spiro atoms. The molecule has 0 unspecified atom stereocenters. The Morgan fingerprint density at radius 1 is 0.735 bits per heavy atom. The number of carbonyl (C=O) groups excluding carboxylic acids is 2. The van der Waals surface area contributed by atoms with Crippen LogP contribution in [0.2, 0.25) is 0 Å². The number of amides is 2. The Morgan fingerprint density at radius 2 is 1.41 bits per heavy atom. The van der Waals surface area contributed by atoms with Gasteiger partial charge in [0.1, 0.15) is 12.4 Å². The van der Waals surface area contributed by atoms with Gasteiger partial charge in [0.05, 0.1) is 6.54 Å². The van der Waals surface area contributed by atoms with Crippen LogP contribution in [0.4, 0.5) is 5.69 Å². The van der Waals surface area contributed by atoms with E-state index in [0.717, 1.165) is 22.4 Å². The molecule has 4 rings (SSSR count). The highest BCUT2D eigenvalue weighted by molar-refractivity contribution is 6.05. The summed E-state index contributed by atoms with van der Waals surface area (Å²) < 4.78 is 5.95. The van der Waals surface area contributed by atoms with E-state index in [1.54, 1.807) is 24.3 Å². The molecule has 2 N–H and O–H groups in total. The highest BCUT2D eigenvalue weighted by Crippen LogP contribution is 2.29. The number of hydrogen-bond acceptors (Lipinski definition) is 3. The summed E-state index contributed by atoms with van der Waals surface area (Å²) in [5, 5.41) is 5.77. The van der Waals surface area contributed by atoms with Crippen molar-refractivity contribution in [2.24, 2.45) is 0 Å². The van der Waals surface area contributed by atoms with Gasteiger partial charge in [-0.15, -0.1) is 0 Å². The summed E-state index contributed by atoms with van der Waals surface area (Å²) in [6, 6.07) is 32.1. The molecule has 170 valence electrons. The number of hydrogen-bond donors (Lipinski definition) is 2. The Kier molecular flexibility index (Phi) is 7.35. The predicted octanol–water partition coefficient (Wildman–Crippen LogP) is 5.72. The molecule has 0 aromatic heterocycles. The fourth-order valence-corrected chi connectivity index (χ4v) is 3.56. The molecule has 0 heterocycles. The van der Waals surface area contributed by atoms with Crippen molar-refractivity contribution in [2.45, 2.75) is 6.92 Å². The molecule has 0 aliphatic rings. The molecule has 0 bridgehead atoms. The van der Waals surface area contributed by atoms with Crippen molar-refractivity contribution in [1.82, 2.24) is 5.32 Å². The van der Waals surface area contributed by atoms with Crippen LogP contribution in [-0.4, -0.2) is 25.0 Å². The Bertz CT molecular complexity index is 1270. The third-order valence-electron chi connectivity index (χ3n) is 5.40. The number of para-hydroxylation sites is 1. The van der Waals surface area contributed by atoms with Crippen LogP contribution < -0.4 is 15.4 Å². The van der Waals surface area contributed by atoms with Gasteiger partial charge in [0, 0.05) is 22.4 Å². The van der Waals surface area contributed by atoms with Gasteiger partial charge in [-0.25, -0.2) is 0 Å². The minimum absolute atomic E-state index is 0.216. The zero-order chi connectivity index (χ0) is 23.8. The third kappa shape index (κ3) is 5.70. The van der Waals surface area contributed by atoms with E-state index in [1.807, 2.05) is 85.8 Å². The summed E-state index contributed by atoms with van der Waals surface area (Å²) in [6.45, 7) is 2.57. The molecule has 0 saturated carbocycles. The summed E-state index contributed by atoms with van der Waals surface area (Å²) in [5.41, 5.74) is 4.60.